The fraction of sp³-hybridized carbons (Fsp3) is 0.758. The maximum atomic E-state index is 13.6. The Balaban J connectivity index is 2.23. The van der Waals surface area contributed by atoms with E-state index in [2.05, 4.69) is 10.6 Å². The Labute approximate surface area is 254 Å². The van der Waals surface area contributed by atoms with Gasteiger partial charge < -0.3 is 20.8 Å². The summed E-state index contributed by atoms with van der Waals surface area (Å²) in [5.74, 6) is -1.34. The van der Waals surface area contributed by atoms with Crippen molar-refractivity contribution in [3.8, 4) is 0 Å². The van der Waals surface area contributed by atoms with Crippen LogP contribution in [0, 0.1) is 11.8 Å². The molecule has 1 unspecified atom stereocenters. The van der Waals surface area contributed by atoms with Gasteiger partial charge in [-0.2, -0.15) is 0 Å². The Morgan fingerprint density at radius 1 is 0.976 bits per heavy atom. The van der Waals surface area contributed by atoms with E-state index in [1.165, 1.54) is 6.42 Å². The molecule has 0 aliphatic heterocycles. The Morgan fingerprint density at radius 2 is 1.60 bits per heavy atom. The molecule has 2 rings (SSSR count). The molecule has 1 aliphatic carbocycles. The third-order valence-corrected chi connectivity index (χ3v) is 11.3. The number of benzene rings is 1. The maximum Gasteiger partial charge on any atom is 0.242 e. The average molecular weight is 609 g/mol. The van der Waals surface area contributed by atoms with E-state index in [0.717, 1.165) is 37.7 Å². The Hall–Kier alpha value is -1.97. The van der Waals surface area contributed by atoms with Crippen LogP contribution in [0.1, 0.15) is 117 Å². The van der Waals surface area contributed by atoms with Gasteiger partial charge in [-0.15, -0.1) is 0 Å². The molecule has 1 fully saturated rings. The fourth-order valence-electron chi connectivity index (χ4n) is 5.65. The Bertz CT molecular complexity index is 1060. The normalized spacial score (nSPS) is 18.6. The maximum absolute atomic E-state index is 13.6. The highest BCUT2D eigenvalue weighted by atomic mass is 32.2. The molecule has 9 heteroatoms. The summed E-state index contributed by atoms with van der Waals surface area (Å²) in [4.78, 5) is 27.0. The smallest absolute Gasteiger partial charge is 0.242 e. The van der Waals surface area contributed by atoms with Gasteiger partial charge >= 0.3 is 0 Å². The van der Waals surface area contributed by atoms with Gasteiger partial charge in [-0.3, -0.25) is 9.59 Å². The first-order valence-corrected chi connectivity index (χ1v) is 17.5. The lowest BCUT2D eigenvalue weighted by molar-refractivity contribution is -0.131. The van der Waals surface area contributed by atoms with Crippen molar-refractivity contribution in [1.29, 1.82) is 0 Å². The van der Waals surface area contributed by atoms with Crippen molar-refractivity contribution in [2.24, 2.45) is 11.8 Å². The van der Waals surface area contributed by atoms with Gasteiger partial charge in [-0.05, 0) is 51.0 Å². The lowest BCUT2D eigenvalue weighted by Gasteiger charge is -2.34. The number of unbranched alkanes of at least 4 members (excludes halogenated alkanes) is 1. The Kier molecular flexibility index (Phi) is 14.5. The van der Waals surface area contributed by atoms with Crippen LogP contribution in [0.25, 0.3) is 0 Å². The monoisotopic (exact) mass is 608 g/mol. The fourth-order valence-corrected chi connectivity index (χ4v) is 6.99. The first kappa shape index (κ1) is 36.2. The van der Waals surface area contributed by atoms with Crippen molar-refractivity contribution in [2.45, 2.75) is 141 Å². The molecule has 0 bridgehead atoms. The second-order valence-electron chi connectivity index (χ2n) is 13.5. The van der Waals surface area contributed by atoms with E-state index in [1.807, 2.05) is 51.1 Å². The highest BCUT2D eigenvalue weighted by Gasteiger charge is 2.35. The molecule has 1 aliphatic rings. The minimum atomic E-state index is -3.52. The second kappa shape index (κ2) is 16.8. The minimum Gasteiger partial charge on any atom is -0.390 e. The van der Waals surface area contributed by atoms with E-state index in [4.69, 9.17) is 0 Å². The second-order valence-corrected chi connectivity index (χ2v) is 16.3. The zero-order valence-electron chi connectivity index (χ0n) is 26.6. The van der Waals surface area contributed by atoms with Crippen LogP contribution < -0.4 is 10.6 Å². The summed E-state index contributed by atoms with van der Waals surface area (Å²) >= 11 is 0. The number of rotatable bonds is 16. The molecule has 2 amide bonds. The molecule has 8 nitrogen and oxygen atoms in total. The average Bonchev–Trinajstić information content (AvgIpc) is 2.93. The predicted molar refractivity (Wildman–Crippen MR) is 169 cm³/mol. The molecule has 42 heavy (non-hydrogen) atoms. The summed E-state index contributed by atoms with van der Waals surface area (Å²) in [6.07, 6.45) is 5.85. The molecule has 0 radical (unpaired) electrons. The van der Waals surface area contributed by atoms with Crippen LogP contribution in [0.4, 0.5) is 0 Å². The number of aliphatic hydroxyl groups is 2. The van der Waals surface area contributed by atoms with Crippen LogP contribution in [-0.2, 0) is 19.4 Å². The van der Waals surface area contributed by atoms with Crippen molar-refractivity contribution in [3.63, 3.8) is 0 Å². The minimum absolute atomic E-state index is 0.0740. The lowest BCUT2D eigenvalue weighted by Crippen LogP contribution is -2.56. The molecule has 240 valence electrons. The number of carbonyl (C=O) groups is 2. The number of nitrogens with one attached hydrogen (secondary N) is 2. The lowest BCUT2D eigenvalue weighted by atomic mass is 9.82. The standard InChI is InChI=1S/C33H56N2O6S/c1-7-8-19-27(32(39)35-28(31(38)30(37)23(2)3)20-24-15-11-9-12-16-24)34-29(36)21-26(25-17-13-10-14-18-25)22-42(40,41)33(4,5)6/h10,13-14,17-18,23-24,26-28,30-31,37-38H,7-9,11-12,15-16,19-22H2,1-6H3,(H,34,36)(H,35,39)/t26?,27-,28+,30-,31-/m0/s1. The molecule has 4 N–H and O–H groups in total. The SMILES string of the molecule is CCCC[C@H](NC(=O)CC(CS(=O)(=O)C(C)(C)C)c1ccccc1)C(=O)N[C@H](CC1CCCCC1)[C@H](O)[C@@H](O)C(C)C. The highest BCUT2D eigenvalue weighted by molar-refractivity contribution is 7.92. The number of carbonyl (C=O) groups excluding carboxylic acids is 2. The summed E-state index contributed by atoms with van der Waals surface area (Å²) in [5, 5.41) is 27.6. The molecule has 0 heterocycles. The molecule has 0 spiro atoms. The molecular weight excluding hydrogens is 552 g/mol. The molecule has 5 atom stereocenters. The third kappa shape index (κ3) is 11.3. The van der Waals surface area contributed by atoms with Gasteiger partial charge in [0.25, 0.3) is 0 Å². The van der Waals surface area contributed by atoms with Gasteiger partial charge in [0.2, 0.25) is 11.8 Å². The van der Waals surface area contributed by atoms with Crippen LogP contribution in [0.2, 0.25) is 0 Å². The van der Waals surface area contributed by atoms with Crippen molar-refractivity contribution in [1.82, 2.24) is 10.6 Å². The van der Waals surface area contributed by atoms with E-state index in [9.17, 15) is 28.2 Å². The summed E-state index contributed by atoms with van der Waals surface area (Å²) < 4.78 is 25.2. The molecule has 1 saturated carbocycles. The number of amides is 2. The Morgan fingerprint density at radius 3 is 2.14 bits per heavy atom. The molecule has 0 aromatic heterocycles. The zero-order valence-corrected chi connectivity index (χ0v) is 27.5. The van der Waals surface area contributed by atoms with Gasteiger partial charge in [-0.25, -0.2) is 8.42 Å². The van der Waals surface area contributed by atoms with Crippen LogP contribution in [0.3, 0.4) is 0 Å². The number of hydrogen-bond donors (Lipinski definition) is 4. The van der Waals surface area contributed by atoms with Gasteiger partial charge in [-0.1, -0.05) is 96.0 Å². The van der Waals surface area contributed by atoms with E-state index in [1.54, 1.807) is 20.8 Å². The van der Waals surface area contributed by atoms with Gasteiger partial charge in [0.05, 0.1) is 22.6 Å². The van der Waals surface area contributed by atoms with Crippen LogP contribution in [0.15, 0.2) is 30.3 Å². The summed E-state index contributed by atoms with van der Waals surface area (Å²) in [7, 11) is -3.52. The molecule has 1 aromatic carbocycles. The third-order valence-electron chi connectivity index (χ3n) is 8.64. The molecular formula is C33H56N2O6S. The number of sulfone groups is 1. The van der Waals surface area contributed by atoms with Crippen molar-refractivity contribution < 1.29 is 28.2 Å². The van der Waals surface area contributed by atoms with E-state index < -0.39 is 50.7 Å². The molecule has 0 saturated heterocycles. The zero-order chi connectivity index (χ0) is 31.5. The quantitative estimate of drug-likeness (QED) is 0.211. The van der Waals surface area contributed by atoms with Gasteiger partial charge in [0.1, 0.15) is 12.1 Å². The van der Waals surface area contributed by atoms with E-state index in [0.29, 0.717) is 25.2 Å². The number of hydrogen-bond acceptors (Lipinski definition) is 6. The summed E-state index contributed by atoms with van der Waals surface area (Å²) in [6, 6.07) is 7.69. The predicted octanol–water partition coefficient (Wildman–Crippen LogP) is 4.88. The topological polar surface area (TPSA) is 133 Å². The van der Waals surface area contributed by atoms with Crippen LogP contribution in [0.5, 0.6) is 0 Å². The largest absolute Gasteiger partial charge is 0.390 e. The van der Waals surface area contributed by atoms with E-state index in [-0.39, 0.29) is 24.0 Å². The highest BCUT2D eigenvalue weighted by Crippen LogP contribution is 2.30. The first-order valence-electron chi connectivity index (χ1n) is 15.9. The van der Waals surface area contributed by atoms with Crippen LogP contribution in [-0.4, -0.2) is 65.2 Å². The van der Waals surface area contributed by atoms with Crippen molar-refractivity contribution in [3.05, 3.63) is 35.9 Å². The van der Waals surface area contributed by atoms with Crippen LogP contribution >= 0.6 is 0 Å². The van der Waals surface area contributed by atoms with Gasteiger partial charge in [0, 0.05) is 12.3 Å². The van der Waals surface area contributed by atoms with Crippen molar-refractivity contribution >= 4 is 21.7 Å². The van der Waals surface area contributed by atoms with Gasteiger partial charge in [0.15, 0.2) is 9.84 Å². The van der Waals surface area contributed by atoms with Crippen molar-refractivity contribution in [2.75, 3.05) is 5.75 Å². The summed E-state index contributed by atoms with van der Waals surface area (Å²) in [6.45, 7) is 10.6. The summed E-state index contributed by atoms with van der Waals surface area (Å²) in [5.41, 5.74) is 0.758. The van der Waals surface area contributed by atoms with E-state index >= 15 is 0 Å². The number of aliphatic hydroxyl groups excluding tert-OH is 2. The first-order chi connectivity index (χ1) is 19.7. The molecule has 1 aromatic rings.